The number of para-hydroxylation sites is 3. The third-order valence-corrected chi connectivity index (χ3v) is 8.74. The number of hydrogen-bond donors (Lipinski definition) is 0. The molecule has 0 fully saturated rings. The van der Waals surface area contributed by atoms with E-state index in [2.05, 4.69) is 0 Å². The van der Waals surface area contributed by atoms with Gasteiger partial charge in [0.1, 0.15) is 34.5 Å². The van der Waals surface area contributed by atoms with Crippen LogP contribution in [0, 0.1) is 0 Å². The smallest absolute Gasteiger partial charge is 0.545 e. The second-order valence-electron chi connectivity index (χ2n) is 11.9. The third-order valence-electron chi connectivity index (χ3n) is 8.74. The molecule has 0 saturated heterocycles. The van der Waals surface area contributed by atoms with Gasteiger partial charge in [0, 0.05) is 52.6 Å². The molecule has 3 aliphatic heterocycles. The molecule has 0 spiro atoms. The molecule has 0 atom stereocenters. The summed E-state index contributed by atoms with van der Waals surface area (Å²) in [7, 11) is 0. The maximum Gasteiger partial charge on any atom is 3.00 e. The van der Waals surface area contributed by atoms with Crippen molar-refractivity contribution in [3.63, 3.8) is 0 Å². The van der Waals surface area contributed by atoms with Crippen LogP contribution in [0.1, 0.15) is 64.5 Å². The number of carbonyl (C=O) groups excluding carboxylic acids is 3. The molecule has 0 bridgehead atoms. The van der Waals surface area contributed by atoms with Gasteiger partial charge in [-0.1, -0.05) is 91.0 Å². The van der Waals surface area contributed by atoms with E-state index in [1.165, 1.54) is 0 Å². The van der Waals surface area contributed by atoms with E-state index in [1.807, 2.05) is 72.8 Å². The summed E-state index contributed by atoms with van der Waals surface area (Å²) >= 11 is 0. The fourth-order valence-electron chi connectivity index (χ4n) is 6.28. The molecule has 6 aromatic carbocycles. The number of ether oxygens (including phenoxy) is 3. The first-order valence-electron chi connectivity index (χ1n) is 16.0. The number of carbonyl (C=O) groups is 3. The Morgan fingerprint density at radius 2 is 0.615 bits per heavy atom. The normalized spacial score (nSPS) is 12.0. The predicted octanol–water partition coefficient (Wildman–Crippen LogP) is 5.24. The first-order chi connectivity index (χ1) is 24.8. The van der Waals surface area contributed by atoms with Crippen LogP contribution in [0.2, 0.25) is 0 Å². The average Bonchev–Trinajstić information content (AvgIpc) is 3.15. The van der Waals surface area contributed by atoms with E-state index in [0.717, 1.165) is 33.9 Å². The Morgan fingerprint density at radius 1 is 0.365 bits per heavy atom. The van der Waals surface area contributed by atoms with Gasteiger partial charge in [0.05, 0.1) is 17.9 Å². The first-order valence-corrected chi connectivity index (χ1v) is 16.0. The van der Waals surface area contributed by atoms with Crippen LogP contribution in [0.3, 0.4) is 0 Å². The van der Waals surface area contributed by atoms with Crippen LogP contribution in [0.4, 0.5) is 0 Å². The second kappa shape index (κ2) is 15.4. The molecule has 0 amide bonds. The Kier molecular flexibility index (Phi) is 10.6. The molecule has 10 heteroatoms. The van der Waals surface area contributed by atoms with Gasteiger partial charge in [0.2, 0.25) is 0 Å². The van der Waals surface area contributed by atoms with Crippen molar-refractivity contribution >= 4 is 17.9 Å². The Labute approximate surface area is 314 Å². The average molecular weight is 873 g/mol. The molecule has 6 aromatic rings. The van der Waals surface area contributed by atoms with Crippen LogP contribution < -0.4 is 29.5 Å². The van der Waals surface area contributed by atoms with Crippen molar-refractivity contribution in [2.45, 2.75) is 19.3 Å². The van der Waals surface area contributed by atoms with Crippen molar-refractivity contribution in [1.29, 1.82) is 0 Å². The number of hydrogen-bond acceptors (Lipinski definition) is 9. The largest absolute Gasteiger partial charge is 3.00 e. The summed E-state index contributed by atoms with van der Waals surface area (Å²) in [6, 6.07) is 37.8. The number of rotatable bonds is 3. The van der Waals surface area contributed by atoms with Crippen molar-refractivity contribution in [3.8, 4) is 34.5 Å². The topological polar surface area (TPSA) is 148 Å². The van der Waals surface area contributed by atoms with Crippen molar-refractivity contribution in [1.82, 2.24) is 0 Å². The zero-order valence-corrected chi connectivity index (χ0v) is 29.4. The molecule has 52 heavy (non-hydrogen) atoms. The van der Waals surface area contributed by atoms with Crippen molar-refractivity contribution in [3.05, 3.63) is 177 Å². The van der Waals surface area contributed by atoms with E-state index in [1.54, 1.807) is 54.6 Å². The minimum absolute atomic E-state index is 0. The Balaban J connectivity index is 0.000000133. The summed E-state index contributed by atoms with van der Waals surface area (Å²) in [5.74, 6) is 0.683. The van der Waals surface area contributed by atoms with Gasteiger partial charge < -0.3 is 43.9 Å². The summed E-state index contributed by atoms with van der Waals surface area (Å²) in [5.41, 5.74) is 5.66. The molecular weight excluding hydrogens is 845 g/mol. The van der Waals surface area contributed by atoms with Crippen molar-refractivity contribution in [2.75, 3.05) is 0 Å². The number of carboxylic acid groups (broad SMARTS) is 3. The quantitative estimate of drug-likeness (QED) is 0.218. The van der Waals surface area contributed by atoms with Gasteiger partial charge in [0.15, 0.2) is 0 Å². The maximum atomic E-state index is 11.0. The fraction of sp³-hybridized carbons (Fsp3) is 0.0714. The molecule has 0 saturated carbocycles. The molecule has 9 nitrogen and oxygen atoms in total. The van der Waals surface area contributed by atoms with Gasteiger partial charge in [0.25, 0.3) is 0 Å². The van der Waals surface area contributed by atoms with Crippen LogP contribution in [0.25, 0.3) is 0 Å². The molecule has 0 aliphatic carbocycles. The minimum Gasteiger partial charge on any atom is -0.545 e. The fourth-order valence-corrected chi connectivity index (χ4v) is 6.28. The second-order valence-corrected chi connectivity index (χ2v) is 11.9. The summed E-state index contributed by atoms with van der Waals surface area (Å²) in [5, 5.41) is 33.1. The van der Waals surface area contributed by atoms with Gasteiger partial charge in [-0.25, -0.2) is 0 Å². The first kappa shape index (κ1) is 35.7. The van der Waals surface area contributed by atoms with Gasteiger partial charge >= 0.3 is 22.4 Å². The van der Waals surface area contributed by atoms with Crippen LogP contribution in [0.15, 0.2) is 127 Å². The molecule has 0 unspecified atom stereocenters. The van der Waals surface area contributed by atoms with E-state index in [4.69, 9.17) is 14.2 Å². The number of benzene rings is 6. The predicted molar refractivity (Wildman–Crippen MR) is 180 cm³/mol. The number of aromatic carboxylic acids is 3. The van der Waals surface area contributed by atoms with Crippen LogP contribution in [-0.2, 0) is 41.6 Å². The van der Waals surface area contributed by atoms with Gasteiger partial charge in [-0.15, -0.1) is 0 Å². The third kappa shape index (κ3) is 7.33. The zero-order chi connectivity index (χ0) is 35.5. The SMILES string of the molecule is O=C([O-])c1cccc2c1Cc1ccccc1O2.O=C([O-])c1cccc2c1Cc1ccccc1O2.O=C([O-])c1cccc2c1Cc1ccccc1O2.[Au+3]. The Bertz CT molecular complexity index is 2070. The van der Waals surface area contributed by atoms with Crippen molar-refractivity contribution in [2.24, 2.45) is 0 Å². The molecular formula is C42H27AuO9. The van der Waals surface area contributed by atoms with Crippen molar-refractivity contribution < 1.29 is 66.3 Å². The Morgan fingerprint density at radius 3 is 0.885 bits per heavy atom. The van der Waals surface area contributed by atoms with Gasteiger partial charge in [-0.2, -0.15) is 0 Å². The monoisotopic (exact) mass is 872 g/mol. The van der Waals surface area contributed by atoms with Crippen LogP contribution in [-0.4, -0.2) is 17.9 Å². The number of carboxylic acids is 3. The standard InChI is InChI=1S/3C14H10O3.Au/c3*15-14(16)10-5-3-7-13-11(10)8-9-4-1-2-6-12(9)17-13;/h3*1-7H,8H2,(H,15,16);/q;;;+3/p-3. The van der Waals surface area contributed by atoms with Gasteiger partial charge in [-0.3, -0.25) is 0 Å². The summed E-state index contributed by atoms with van der Waals surface area (Å²) in [4.78, 5) is 33.1. The molecule has 0 N–H and O–H groups in total. The summed E-state index contributed by atoms with van der Waals surface area (Å²) in [6.07, 6.45) is 1.70. The Hall–Kier alpha value is -6.13. The molecule has 0 radical (unpaired) electrons. The van der Waals surface area contributed by atoms with Crippen LogP contribution >= 0.6 is 0 Å². The maximum absolute atomic E-state index is 11.0. The molecule has 3 aliphatic rings. The summed E-state index contributed by atoms with van der Waals surface area (Å²) < 4.78 is 17.0. The van der Waals surface area contributed by atoms with E-state index in [-0.39, 0.29) is 39.1 Å². The van der Waals surface area contributed by atoms with E-state index in [9.17, 15) is 29.7 Å². The summed E-state index contributed by atoms with van der Waals surface area (Å²) in [6.45, 7) is 0. The van der Waals surface area contributed by atoms with E-state index in [0.29, 0.717) is 53.2 Å². The number of fused-ring (bicyclic) bond motifs is 6. The molecule has 260 valence electrons. The molecule has 9 rings (SSSR count). The molecule has 0 aromatic heterocycles. The van der Waals surface area contributed by atoms with Crippen LogP contribution in [0.5, 0.6) is 34.5 Å². The van der Waals surface area contributed by atoms with E-state index < -0.39 is 17.9 Å². The van der Waals surface area contributed by atoms with E-state index >= 15 is 0 Å². The molecule has 3 heterocycles. The van der Waals surface area contributed by atoms with Gasteiger partial charge in [-0.05, 0) is 53.1 Å². The zero-order valence-electron chi connectivity index (χ0n) is 27.2. The minimum atomic E-state index is -1.16.